The number of rotatable bonds is 4. The van der Waals surface area contributed by atoms with Crippen molar-refractivity contribution in [3.63, 3.8) is 0 Å². The zero-order valence-electron chi connectivity index (χ0n) is 15.1. The molecule has 0 aliphatic heterocycles. The summed E-state index contributed by atoms with van der Waals surface area (Å²) in [6, 6.07) is 11.6. The first-order chi connectivity index (χ1) is 13.5. The molecule has 1 heterocycles. The molecule has 3 aromatic rings. The molecule has 7 nitrogen and oxygen atoms in total. The first-order valence-electron chi connectivity index (χ1n) is 8.19. The predicted octanol–water partition coefficient (Wildman–Crippen LogP) is 2.94. The number of hydrogen-bond acceptors (Lipinski definition) is 6. The quantitative estimate of drug-likeness (QED) is 0.538. The second-order valence-electron chi connectivity index (χ2n) is 5.67. The monoisotopic (exact) mass is 397 g/mol. The first kappa shape index (κ1) is 19.4. The van der Waals surface area contributed by atoms with Gasteiger partial charge in [0, 0.05) is 23.7 Å². The van der Waals surface area contributed by atoms with E-state index in [0.717, 1.165) is 5.56 Å². The van der Waals surface area contributed by atoms with E-state index in [1.807, 2.05) is 0 Å². The number of aliphatic hydroxyl groups is 1. The number of aliphatic hydroxyl groups excluding tert-OH is 1. The van der Waals surface area contributed by atoms with Gasteiger partial charge in [-0.25, -0.2) is 9.48 Å². The van der Waals surface area contributed by atoms with E-state index < -0.39 is 5.97 Å². The van der Waals surface area contributed by atoms with E-state index in [9.17, 15) is 9.90 Å². The lowest BCUT2D eigenvalue weighted by Crippen LogP contribution is -2.03. The topological polar surface area (TPSA) is 86.5 Å². The fourth-order valence-electron chi connectivity index (χ4n) is 2.37. The Morgan fingerprint density at radius 2 is 1.96 bits per heavy atom. The molecule has 1 aromatic heterocycles. The fourth-order valence-corrected chi connectivity index (χ4v) is 2.54. The zero-order valence-corrected chi connectivity index (χ0v) is 15.9. The summed E-state index contributed by atoms with van der Waals surface area (Å²) in [5, 5.41) is 17.5. The van der Waals surface area contributed by atoms with Crippen LogP contribution in [0.15, 0.2) is 42.5 Å². The number of aromatic nitrogens is 3. The van der Waals surface area contributed by atoms with Crippen molar-refractivity contribution in [3.05, 3.63) is 70.0 Å². The van der Waals surface area contributed by atoms with Crippen LogP contribution in [0.1, 0.15) is 27.3 Å². The Morgan fingerprint density at radius 1 is 1.21 bits per heavy atom. The van der Waals surface area contributed by atoms with Crippen LogP contribution < -0.4 is 4.74 Å². The van der Waals surface area contributed by atoms with Gasteiger partial charge in [0.15, 0.2) is 5.69 Å². The van der Waals surface area contributed by atoms with E-state index in [-0.39, 0.29) is 12.2 Å². The van der Waals surface area contributed by atoms with E-state index in [0.29, 0.717) is 27.9 Å². The molecule has 0 fully saturated rings. The normalized spacial score (nSPS) is 10.1. The van der Waals surface area contributed by atoms with Crippen molar-refractivity contribution >= 4 is 17.6 Å². The Bertz CT molecular complexity index is 1070. The summed E-state index contributed by atoms with van der Waals surface area (Å²) in [6.07, 6.45) is 0. The molecule has 0 bridgehead atoms. The van der Waals surface area contributed by atoms with Gasteiger partial charge in [0.25, 0.3) is 0 Å². The van der Waals surface area contributed by atoms with Gasteiger partial charge in [-0.3, -0.25) is 0 Å². The summed E-state index contributed by atoms with van der Waals surface area (Å²) >= 11 is 6.00. The molecule has 0 saturated heterocycles. The highest BCUT2D eigenvalue weighted by Crippen LogP contribution is 2.29. The van der Waals surface area contributed by atoms with Gasteiger partial charge in [-0.15, -0.1) is 5.10 Å². The van der Waals surface area contributed by atoms with E-state index in [1.165, 1.54) is 11.8 Å². The van der Waals surface area contributed by atoms with Gasteiger partial charge in [0.1, 0.15) is 17.1 Å². The minimum absolute atomic E-state index is 0.192. The molecule has 0 unspecified atom stereocenters. The highest BCUT2D eigenvalue weighted by Gasteiger charge is 2.14. The third-order valence-electron chi connectivity index (χ3n) is 3.85. The fraction of sp³-hybridized carbons (Fsp3) is 0.150. The van der Waals surface area contributed by atoms with Crippen molar-refractivity contribution in [2.45, 2.75) is 6.61 Å². The highest BCUT2D eigenvalue weighted by atomic mass is 35.5. The van der Waals surface area contributed by atoms with Crippen LogP contribution >= 0.6 is 11.6 Å². The smallest absolute Gasteiger partial charge is 0.341 e. The van der Waals surface area contributed by atoms with E-state index >= 15 is 0 Å². The standard InChI is InChI=1S/C20H16ClN3O4/c1-24-18(12-25)17(22-23-24)10-5-13-3-7-15(8-4-13)28-19-11-14(21)6-9-16(19)20(26)27-2/h3-4,6-9,11,25H,12H2,1-2H3. The maximum absolute atomic E-state index is 11.9. The van der Waals surface area contributed by atoms with Crippen LogP contribution in [0, 0.1) is 11.8 Å². The predicted molar refractivity (Wildman–Crippen MR) is 102 cm³/mol. The van der Waals surface area contributed by atoms with E-state index in [2.05, 4.69) is 22.2 Å². The van der Waals surface area contributed by atoms with Gasteiger partial charge in [-0.1, -0.05) is 22.7 Å². The number of nitrogens with zero attached hydrogens (tertiary/aromatic N) is 3. The second-order valence-corrected chi connectivity index (χ2v) is 6.11. The van der Waals surface area contributed by atoms with Crippen LogP contribution in [0.25, 0.3) is 0 Å². The molecule has 0 spiro atoms. The molecule has 0 aliphatic rings. The van der Waals surface area contributed by atoms with Crippen molar-refractivity contribution in [2.24, 2.45) is 7.05 Å². The lowest BCUT2D eigenvalue weighted by atomic mass is 10.2. The average Bonchev–Trinajstić information content (AvgIpc) is 3.06. The molecule has 28 heavy (non-hydrogen) atoms. The molecule has 0 amide bonds. The third-order valence-corrected chi connectivity index (χ3v) is 4.08. The number of hydrogen-bond donors (Lipinski definition) is 1. The summed E-state index contributed by atoms with van der Waals surface area (Å²) in [4.78, 5) is 11.9. The zero-order chi connectivity index (χ0) is 20.1. The first-order valence-corrected chi connectivity index (χ1v) is 8.57. The summed E-state index contributed by atoms with van der Waals surface area (Å²) in [7, 11) is 2.99. The van der Waals surface area contributed by atoms with Gasteiger partial charge in [-0.05, 0) is 42.3 Å². The van der Waals surface area contributed by atoms with Crippen LogP contribution in [0.3, 0.4) is 0 Å². The lowest BCUT2D eigenvalue weighted by molar-refractivity contribution is 0.0598. The maximum Gasteiger partial charge on any atom is 0.341 e. The number of carbonyl (C=O) groups is 1. The summed E-state index contributed by atoms with van der Waals surface area (Å²) in [6.45, 7) is -0.192. The third kappa shape index (κ3) is 4.31. The van der Waals surface area contributed by atoms with Gasteiger partial charge in [0.2, 0.25) is 0 Å². The van der Waals surface area contributed by atoms with Gasteiger partial charge in [-0.2, -0.15) is 0 Å². The number of benzene rings is 2. The van der Waals surface area contributed by atoms with Crippen molar-refractivity contribution in [1.82, 2.24) is 15.0 Å². The number of carbonyl (C=O) groups excluding carboxylic acids is 1. The molecule has 8 heteroatoms. The number of methoxy groups -OCH3 is 1. The van der Waals surface area contributed by atoms with Gasteiger partial charge < -0.3 is 14.6 Å². The number of aryl methyl sites for hydroxylation is 1. The maximum atomic E-state index is 11.9. The SMILES string of the molecule is COC(=O)c1ccc(Cl)cc1Oc1ccc(C#Cc2nnn(C)c2CO)cc1. The van der Waals surface area contributed by atoms with Crippen molar-refractivity contribution in [2.75, 3.05) is 7.11 Å². The summed E-state index contributed by atoms with van der Waals surface area (Å²) in [5.41, 5.74) is 1.96. The molecule has 3 rings (SSSR count). The molecule has 2 aromatic carbocycles. The Morgan fingerprint density at radius 3 is 2.64 bits per heavy atom. The molecule has 142 valence electrons. The second kappa shape index (κ2) is 8.57. The molecular weight excluding hydrogens is 382 g/mol. The number of ether oxygens (including phenoxy) is 2. The molecule has 0 saturated carbocycles. The minimum atomic E-state index is -0.516. The van der Waals surface area contributed by atoms with Gasteiger partial charge >= 0.3 is 5.97 Å². The van der Waals surface area contributed by atoms with Crippen LogP contribution in [-0.2, 0) is 18.4 Å². The Balaban J connectivity index is 1.80. The van der Waals surface area contributed by atoms with Crippen LogP contribution in [0.2, 0.25) is 5.02 Å². The molecular formula is C20H16ClN3O4. The van der Waals surface area contributed by atoms with E-state index in [4.69, 9.17) is 21.1 Å². The van der Waals surface area contributed by atoms with E-state index in [1.54, 1.807) is 49.5 Å². The highest BCUT2D eigenvalue weighted by molar-refractivity contribution is 6.30. The number of halogens is 1. The van der Waals surface area contributed by atoms with Crippen molar-refractivity contribution in [3.8, 4) is 23.3 Å². The minimum Gasteiger partial charge on any atom is -0.465 e. The van der Waals surface area contributed by atoms with Crippen LogP contribution in [0.4, 0.5) is 0 Å². The average molecular weight is 398 g/mol. The molecule has 0 atom stereocenters. The largest absolute Gasteiger partial charge is 0.465 e. The Kier molecular flexibility index (Phi) is 5.94. The summed E-state index contributed by atoms with van der Waals surface area (Å²) in [5.74, 6) is 6.13. The van der Waals surface area contributed by atoms with Crippen molar-refractivity contribution < 1.29 is 19.4 Å². The van der Waals surface area contributed by atoms with Crippen LogP contribution in [0.5, 0.6) is 11.5 Å². The Labute approximate surface area is 166 Å². The lowest BCUT2D eigenvalue weighted by Gasteiger charge is -2.10. The molecule has 0 aliphatic carbocycles. The number of esters is 1. The Hall–Kier alpha value is -3.34. The van der Waals surface area contributed by atoms with Crippen LogP contribution in [-0.4, -0.2) is 33.2 Å². The molecule has 0 radical (unpaired) electrons. The van der Waals surface area contributed by atoms with Gasteiger partial charge in [0.05, 0.1) is 19.4 Å². The summed E-state index contributed by atoms with van der Waals surface area (Å²) < 4.78 is 12.0. The molecule has 1 N–H and O–H groups in total. The van der Waals surface area contributed by atoms with Crippen molar-refractivity contribution in [1.29, 1.82) is 0 Å².